The lowest BCUT2D eigenvalue weighted by molar-refractivity contribution is 0.279. The molecule has 0 saturated carbocycles. The number of hydrogen-bond acceptors (Lipinski definition) is 4. The van der Waals surface area contributed by atoms with Gasteiger partial charge in [0.25, 0.3) is 0 Å². The van der Waals surface area contributed by atoms with Gasteiger partial charge >= 0.3 is 0 Å². The van der Waals surface area contributed by atoms with Gasteiger partial charge in [-0.05, 0) is 50.6 Å². The number of rotatable bonds is 6. The van der Waals surface area contributed by atoms with Crippen LogP contribution in [0.2, 0.25) is 0 Å². The Balaban J connectivity index is 2.12. The number of hydrogen-bond donors (Lipinski definition) is 1. The molecule has 0 atom stereocenters. The molecule has 5 nitrogen and oxygen atoms in total. The minimum atomic E-state index is -0.286. The van der Waals surface area contributed by atoms with E-state index in [0.717, 1.165) is 11.4 Å². The van der Waals surface area contributed by atoms with E-state index in [1.165, 1.54) is 18.5 Å². The molecule has 108 valence electrons. The summed E-state index contributed by atoms with van der Waals surface area (Å²) in [5.74, 6) is 1.09. The highest BCUT2D eigenvalue weighted by molar-refractivity contribution is 5.34. The van der Waals surface area contributed by atoms with Gasteiger partial charge in [0.05, 0.1) is 0 Å². The van der Waals surface area contributed by atoms with Crippen molar-refractivity contribution in [3.05, 3.63) is 41.7 Å². The van der Waals surface area contributed by atoms with Crippen molar-refractivity contribution >= 4 is 0 Å². The fourth-order valence-corrected chi connectivity index (χ4v) is 1.99. The standard InChI is InChI=1S/C14H19FN4O/c1-10(2)19-14(17-9-18-19)8-20-13-4-3-12(15)7-11(13)5-6-16/h3-4,7,9-10H,5-6,8,16H2,1-2H3. The Morgan fingerprint density at radius 3 is 2.90 bits per heavy atom. The Morgan fingerprint density at radius 1 is 1.40 bits per heavy atom. The predicted molar refractivity (Wildman–Crippen MR) is 73.9 cm³/mol. The first kappa shape index (κ1) is 14.5. The molecule has 0 spiro atoms. The average Bonchev–Trinajstić information content (AvgIpc) is 2.87. The molecular formula is C14H19FN4O. The molecule has 0 saturated heterocycles. The Bertz CT molecular complexity index is 568. The van der Waals surface area contributed by atoms with E-state index in [2.05, 4.69) is 10.1 Å². The zero-order valence-electron chi connectivity index (χ0n) is 11.7. The van der Waals surface area contributed by atoms with Crippen molar-refractivity contribution in [2.24, 2.45) is 5.73 Å². The molecule has 0 unspecified atom stereocenters. The van der Waals surface area contributed by atoms with Crippen LogP contribution < -0.4 is 10.5 Å². The minimum Gasteiger partial charge on any atom is -0.485 e. The molecule has 1 aromatic carbocycles. The van der Waals surface area contributed by atoms with Crippen molar-refractivity contribution < 1.29 is 9.13 Å². The zero-order valence-corrected chi connectivity index (χ0v) is 11.7. The van der Waals surface area contributed by atoms with Gasteiger partial charge in [-0.2, -0.15) is 5.10 Å². The normalized spacial score (nSPS) is 11.1. The molecule has 0 fully saturated rings. The first-order chi connectivity index (χ1) is 9.61. The third-order valence-electron chi connectivity index (χ3n) is 2.93. The maximum absolute atomic E-state index is 13.2. The lowest BCUT2D eigenvalue weighted by Crippen LogP contribution is -2.12. The fourth-order valence-electron chi connectivity index (χ4n) is 1.99. The van der Waals surface area contributed by atoms with E-state index < -0.39 is 0 Å². The number of halogens is 1. The van der Waals surface area contributed by atoms with Crippen molar-refractivity contribution in [3.63, 3.8) is 0 Å². The Labute approximate surface area is 117 Å². The molecule has 0 aliphatic heterocycles. The summed E-state index contributed by atoms with van der Waals surface area (Å²) in [6.45, 7) is 4.79. The van der Waals surface area contributed by atoms with E-state index >= 15 is 0 Å². The average molecular weight is 278 g/mol. The van der Waals surface area contributed by atoms with Gasteiger partial charge in [-0.15, -0.1) is 0 Å². The smallest absolute Gasteiger partial charge is 0.165 e. The van der Waals surface area contributed by atoms with Crippen LogP contribution >= 0.6 is 0 Å². The van der Waals surface area contributed by atoms with Gasteiger partial charge in [-0.1, -0.05) is 0 Å². The van der Waals surface area contributed by atoms with Crippen LogP contribution in [0.3, 0.4) is 0 Å². The molecule has 1 heterocycles. The number of ether oxygens (including phenoxy) is 1. The van der Waals surface area contributed by atoms with Crippen LogP contribution in [0.15, 0.2) is 24.5 Å². The van der Waals surface area contributed by atoms with Crippen LogP contribution in [-0.2, 0) is 13.0 Å². The summed E-state index contributed by atoms with van der Waals surface area (Å²) in [5, 5.41) is 4.15. The molecule has 1 aromatic heterocycles. The molecule has 0 bridgehead atoms. The summed E-state index contributed by atoms with van der Waals surface area (Å²) >= 11 is 0. The summed E-state index contributed by atoms with van der Waals surface area (Å²) in [6, 6.07) is 4.67. The second-order valence-corrected chi connectivity index (χ2v) is 4.79. The van der Waals surface area contributed by atoms with Gasteiger partial charge in [-0.25, -0.2) is 14.1 Å². The second-order valence-electron chi connectivity index (χ2n) is 4.79. The van der Waals surface area contributed by atoms with E-state index in [1.807, 2.05) is 13.8 Å². The third kappa shape index (κ3) is 3.33. The Kier molecular flexibility index (Phi) is 4.68. The lowest BCUT2D eigenvalue weighted by atomic mass is 10.1. The summed E-state index contributed by atoms with van der Waals surface area (Å²) in [7, 11) is 0. The summed E-state index contributed by atoms with van der Waals surface area (Å²) in [4.78, 5) is 4.17. The van der Waals surface area contributed by atoms with E-state index in [4.69, 9.17) is 10.5 Å². The molecule has 2 aromatic rings. The zero-order chi connectivity index (χ0) is 14.5. The van der Waals surface area contributed by atoms with Gasteiger partial charge in [0.1, 0.15) is 24.5 Å². The van der Waals surface area contributed by atoms with Crippen LogP contribution in [0.5, 0.6) is 5.75 Å². The molecule has 0 radical (unpaired) electrons. The molecule has 6 heteroatoms. The minimum absolute atomic E-state index is 0.216. The van der Waals surface area contributed by atoms with Crippen LogP contribution in [0, 0.1) is 5.82 Å². The topological polar surface area (TPSA) is 66.0 Å². The monoisotopic (exact) mass is 278 g/mol. The summed E-state index contributed by atoms with van der Waals surface area (Å²) in [6.07, 6.45) is 2.08. The van der Waals surface area contributed by atoms with Crippen molar-refractivity contribution in [1.82, 2.24) is 14.8 Å². The SMILES string of the molecule is CC(C)n1ncnc1COc1ccc(F)cc1CCN. The molecule has 0 aliphatic carbocycles. The highest BCUT2D eigenvalue weighted by atomic mass is 19.1. The van der Waals surface area contributed by atoms with Crippen molar-refractivity contribution in [3.8, 4) is 5.75 Å². The maximum atomic E-state index is 13.2. The van der Waals surface area contributed by atoms with E-state index in [1.54, 1.807) is 10.7 Å². The number of nitrogens with zero attached hydrogens (tertiary/aromatic N) is 3. The predicted octanol–water partition coefficient (Wildman–Crippen LogP) is 2.08. The van der Waals surface area contributed by atoms with Crippen LogP contribution in [0.1, 0.15) is 31.3 Å². The van der Waals surface area contributed by atoms with Gasteiger partial charge in [0.2, 0.25) is 0 Å². The van der Waals surface area contributed by atoms with Gasteiger partial charge in [0.15, 0.2) is 5.82 Å². The van der Waals surface area contributed by atoms with Crippen molar-refractivity contribution in [1.29, 1.82) is 0 Å². The van der Waals surface area contributed by atoms with Gasteiger partial charge in [-0.3, -0.25) is 0 Å². The van der Waals surface area contributed by atoms with Crippen LogP contribution in [-0.4, -0.2) is 21.3 Å². The number of aromatic nitrogens is 3. The summed E-state index contributed by atoms with van der Waals surface area (Å²) in [5.41, 5.74) is 6.30. The lowest BCUT2D eigenvalue weighted by Gasteiger charge is -2.13. The second kappa shape index (κ2) is 6.47. The number of nitrogens with two attached hydrogens (primary N) is 1. The summed E-state index contributed by atoms with van der Waals surface area (Å²) < 4.78 is 20.8. The van der Waals surface area contributed by atoms with Crippen molar-refractivity contribution in [2.75, 3.05) is 6.54 Å². The Hall–Kier alpha value is -1.95. The largest absolute Gasteiger partial charge is 0.485 e. The maximum Gasteiger partial charge on any atom is 0.165 e. The quantitative estimate of drug-likeness (QED) is 0.878. The van der Waals surface area contributed by atoms with E-state index in [-0.39, 0.29) is 11.9 Å². The molecule has 20 heavy (non-hydrogen) atoms. The van der Waals surface area contributed by atoms with Gasteiger partial charge < -0.3 is 10.5 Å². The fraction of sp³-hybridized carbons (Fsp3) is 0.429. The molecular weight excluding hydrogens is 259 g/mol. The van der Waals surface area contributed by atoms with Crippen LogP contribution in [0.4, 0.5) is 4.39 Å². The molecule has 2 N–H and O–H groups in total. The molecule has 0 aliphatic rings. The highest BCUT2D eigenvalue weighted by Gasteiger charge is 2.10. The number of benzene rings is 1. The van der Waals surface area contributed by atoms with Crippen molar-refractivity contribution in [2.45, 2.75) is 32.9 Å². The first-order valence-corrected chi connectivity index (χ1v) is 6.61. The third-order valence-corrected chi connectivity index (χ3v) is 2.93. The van der Waals surface area contributed by atoms with E-state index in [9.17, 15) is 4.39 Å². The highest BCUT2D eigenvalue weighted by Crippen LogP contribution is 2.21. The Morgan fingerprint density at radius 2 is 2.20 bits per heavy atom. The van der Waals surface area contributed by atoms with Crippen LogP contribution in [0.25, 0.3) is 0 Å². The van der Waals surface area contributed by atoms with E-state index in [0.29, 0.717) is 25.3 Å². The molecule has 0 amide bonds. The van der Waals surface area contributed by atoms with Gasteiger partial charge in [0, 0.05) is 6.04 Å². The first-order valence-electron chi connectivity index (χ1n) is 6.61. The molecule has 2 rings (SSSR count).